The lowest BCUT2D eigenvalue weighted by molar-refractivity contribution is -0.127. The maximum Gasteiger partial charge on any atom is 0.241 e. The summed E-state index contributed by atoms with van der Waals surface area (Å²) < 4.78 is 0. The van der Waals surface area contributed by atoms with Crippen LogP contribution in [0.4, 0.5) is 5.69 Å². The highest BCUT2D eigenvalue weighted by molar-refractivity contribution is 6.24. The number of hydrogen-bond donors (Lipinski definition) is 0. The lowest BCUT2D eigenvalue weighted by Gasteiger charge is -2.28. The minimum absolute atomic E-state index is 0.00644. The van der Waals surface area contributed by atoms with Gasteiger partial charge in [-0.3, -0.25) is 9.59 Å². The fourth-order valence-corrected chi connectivity index (χ4v) is 4.49. The second kappa shape index (κ2) is 3.85. The van der Waals surface area contributed by atoms with Gasteiger partial charge in [-0.2, -0.15) is 0 Å². The first-order chi connectivity index (χ1) is 9.94. The van der Waals surface area contributed by atoms with Crippen LogP contribution in [0, 0.1) is 37.0 Å². The molecule has 4 rings (SSSR count). The Morgan fingerprint density at radius 2 is 1.95 bits per heavy atom. The summed E-state index contributed by atoms with van der Waals surface area (Å²) in [5.41, 5.74) is 2.28. The molecule has 0 aromatic heterocycles. The van der Waals surface area contributed by atoms with E-state index in [4.69, 9.17) is 0 Å². The molecule has 2 amide bonds. The van der Waals surface area contributed by atoms with E-state index in [0.717, 1.165) is 23.2 Å². The third-order valence-electron chi connectivity index (χ3n) is 5.72. The van der Waals surface area contributed by atoms with Gasteiger partial charge < -0.3 is 0 Å². The average molecular weight is 281 g/mol. The molecule has 21 heavy (non-hydrogen) atoms. The summed E-state index contributed by atoms with van der Waals surface area (Å²) in [4.78, 5) is 27.4. The topological polar surface area (TPSA) is 37.4 Å². The number of imide groups is 1. The van der Waals surface area contributed by atoms with E-state index in [1.165, 1.54) is 4.90 Å². The van der Waals surface area contributed by atoms with Crippen LogP contribution in [-0.2, 0) is 9.59 Å². The predicted octanol–water partition coefficient (Wildman–Crippen LogP) is 3.01. The van der Waals surface area contributed by atoms with E-state index in [0.29, 0.717) is 0 Å². The van der Waals surface area contributed by atoms with Gasteiger partial charge in [-0.25, -0.2) is 4.90 Å². The van der Waals surface area contributed by atoms with Crippen LogP contribution in [0.2, 0.25) is 0 Å². The summed E-state index contributed by atoms with van der Waals surface area (Å²) in [6, 6.07) is 5.94. The van der Waals surface area contributed by atoms with Gasteiger partial charge in [-0.05, 0) is 56.2 Å². The standard InChI is InChI=1S/C18H19NO2/c1-10-4-5-11(2)14(8-10)19-16(20)15-12-6-7-13(9-12)18(15,3)17(19)21/h4-8,12-13,15H,9H2,1-3H3/t12-,13-,15+,18+/m1/s1. The Bertz CT molecular complexity index is 705. The van der Waals surface area contributed by atoms with Crippen molar-refractivity contribution in [3.8, 4) is 0 Å². The van der Waals surface area contributed by atoms with Gasteiger partial charge in [0.15, 0.2) is 0 Å². The third kappa shape index (κ3) is 1.39. The normalized spacial score (nSPS) is 36.7. The van der Waals surface area contributed by atoms with E-state index < -0.39 is 5.41 Å². The molecular weight excluding hydrogens is 262 g/mol. The molecule has 0 spiro atoms. The van der Waals surface area contributed by atoms with Crippen LogP contribution < -0.4 is 4.90 Å². The smallest absolute Gasteiger partial charge is 0.241 e. The first-order valence-corrected chi connectivity index (χ1v) is 7.58. The Hall–Kier alpha value is -1.90. The first-order valence-electron chi connectivity index (χ1n) is 7.58. The Morgan fingerprint density at radius 3 is 2.67 bits per heavy atom. The van der Waals surface area contributed by atoms with Gasteiger partial charge in [0.05, 0.1) is 17.0 Å². The van der Waals surface area contributed by atoms with Crippen molar-refractivity contribution in [3.05, 3.63) is 41.5 Å². The predicted molar refractivity (Wildman–Crippen MR) is 80.7 cm³/mol. The number of carbonyl (C=O) groups excluding carboxylic acids is 2. The summed E-state index contributed by atoms with van der Waals surface area (Å²) in [5, 5.41) is 0. The molecule has 1 heterocycles. The number of aryl methyl sites for hydroxylation is 2. The van der Waals surface area contributed by atoms with Gasteiger partial charge in [0.1, 0.15) is 0 Å². The number of carbonyl (C=O) groups is 2. The van der Waals surface area contributed by atoms with Gasteiger partial charge in [0, 0.05) is 0 Å². The van der Waals surface area contributed by atoms with E-state index in [2.05, 4.69) is 12.2 Å². The Balaban J connectivity index is 1.85. The summed E-state index contributed by atoms with van der Waals surface area (Å²) in [6.45, 7) is 5.93. The fraction of sp³-hybridized carbons (Fsp3) is 0.444. The number of benzene rings is 1. The molecule has 1 aliphatic heterocycles. The van der Waals surface area contributed by atoms with Gasteiger partial charge in [0.25, 0.3) is 0 Å². The lowest BCUT2D eigenvalue weighted by Crippen LogP contribution is -2.37. The van der Waals surface area contributed by atoms with Crippen LogP contribution in [0.1, 0.15) is 24.5 Å². The van der Waals surface area contributed by atoms with Crippen molar-refractivity contribution in [2.24, 2.45) is 23.2 Å². The van der Waals surface area contributed by atoms with Crippen molar-refractivity contribution < 1.29 is 9.59 Å². The number of anilines is 1. The number of allylic oxidation sites excluding steroid dienone is 2. The second-order valence-electron chi connectivity index (χ2n) is 6.92. The van der Waals surface area contributed by atoms with Gasteiger partial charge in [-0.15, -0.1) is 0 Å². The van der Waals surface area contributed by atoms with Crippen LogP contribution >= 0.6 is 0 Å². The molecule has 2 fully saturated rings. The molecule has 3 aliphatic rings. The maximum atomic E-state index is 13.0. The molecule has 3 heteroatoms. The minimum atomic E-state index is -0.535. The van der Waals surface area contributed by atoms with Crippen molar-refractivity contribution in [1.29, 1.82) is 0 Å². The third-order valence-corrected chi connectivity index (χ3v) is 5.72. The minimum Gasteiger partial charge on any atom is -0.274 e. The van der Waals surface area contributed by atoms with Gasteiger partial charge in [-0.1, -0.05) is 24.3 Å². The molecule has 2 aliphatic carbocycles. The molecule has 3 nitrogen and oxygen atoms in total. The van der Waals surface area contributed by atoms with E-state index >= 15 is 0 Å². The van der Waals surface area contributed by atoms with Crippen LogP contribution in [0.15, 0.2) is 30.4 Å². The summed E-state index contributed by atoms with van der Waals surface area (Å²) in [6.07, 6.45) is 5.23. The zero-order valence-electron chi connectivity index (χ0n) is 12.6. The maximum absolute atomic E-state index is 13.0. The molecule has 1 aromatic carbocycles. The quantitative estimate of drug-likeness (QED) is 0.586. The number of fused-ring (bicyclic) bond motifs is 5. The van der Waals surface area contributed by atoms with Crippen molar-refractivity contribution in [1.82, 2.24) is 0 Å². The highest BCUT2D eigenvalue weighted by Crippen LogP contribution is 2.61. The summed E-state index contributed by atoms with van der Waals surface area (Å²) in [5.74, 6) is 0.279. The van der Waals surface area contributed by atoms with Gasteiger partial charge >= 0.3 is 0 Å². The van der Waals surface area contributed by atoms with Crippen molar-refractivity contribution in [3.63, 3.8) is 0 Å². The van der Waals surface area contributed by atoms with E-state index in [-0.39, 0.29) is 29.6 Å². The van der Waals surface area contributed by atoms with Crippen LogP contribution in [0.25, 0.3) is 0 Å². The Kier molecular flexibility index (Phi) is 2.35. The SMILES string of the molecule is Cc1ccc(C)c(N2C(=O)[C@@H]3[C@@H]4C=C[C@H](C4)[C@]3(C)C2=O)c1. The number of hydrogen-bond acceptors (Lipinski definition) is 2. The zero-order valence-corrected chi connectivity index (χ0v) is 12.6. The Labute approximate surface area is 124 Å². The molecule has 1 aromatic rings. The van der Waals surface area contributed by atoms with Crippen molar-refractivity contribution in [2.75, 3.05) is 4.90 Å². The molecule has 4 atom stereocenters. The first kappa shape index (κ1) is 12.8. The molecule has 0 N–H and O–H groups in total. The second-order valence-corrected chi connectivity index (χ2v) is 6.92. The zero-order chi connectivity index (χ0) is 14.9. The largest absolute Gasteiger partial charge is 0.274 e. The van der Waals surface area contributed by atoms with E-state index in [9.17, 15) is 9.59 Å². The Morgan fingerprint density at radius 1 is 1.19 bits per heavy atom. The number of amides is 2. The molecule has 1 saturated heterocycles. The molecular formula is C18H19NO2. The summed E-state index contributed by atoms with van der Waals surface area (Å²) >= 11 is 0. The number of rotatable bonds is 1. The van der Waals surface area contributed by atoms with Gasteiger partial charge in [0.2, 0.25) is 11.8 Å². The molecule has 1 saturated carbocycles. The molecule has 108 valence electrons. The van der Waals surface area contributed by atoms with E-state index in [1.54, 1.807) is 0 Å². The highest BCUT2D eigenvalue weighted by Gasteiger charge is 2.67. The lowest BCUT2D eigenvalue weighted by atomic mass is 9.71. The highest BCUT2D eigenvalue weighted by atomic mass is 16.2. The molecule has 0 unspecified atom stereocenters. The molecule has 2 bridgehead atoms. The average Bonchev–Trinajstić information content (AvgIpc) is 3.06. The van der Waals surface area contributed by atoms with E-state index in [1.807, 2.05) is 39.0 Å². The summed E-state index contributed by atoms with van der Waals surface area (Å²) in [7, 11) is 0. The monoisotopic (exact) mass is 281 g/mol. The van der Waals surface area contributed by atoms with Crippen molar-refractivity contribution in [2.45, 2.75) is 27.2 Å². The van der Waals surface area contributed by atoms with Crippen LogP contribution in [0.3, 0.4) is 0 Å². The van der Waals surface area contributed by atoms with Crippen LogP contribution in [0.5, 0.6) is 0 Å². The number of nitrogens with zero attached hydrogens (tertiary/aromatic N) is 1. The van der Waals surface area contributed by atoms with Crippen LogP contribution in [-0.4, -0.2) is 11.8 Å². The van der Waals surface area contributed by atoms with Crippen molar-refractivity contribution >= 4 is 17.5 Å². The molecule has 0 radical (unpaired) electrons. The fourth-order valence-electron chi connectivity index (χ4n) is 4.49.